The second kappa shape index (κ2) is 11.2. The van der Waals surface area contributed by atoms with Gasteiger partial charge in [0, 0.05) is 30.6 Å². The first-order chi connectivity index (χ1) is 19.8. The Labute approximate surface area is 245 Å². The number of carbonyl (C=O) groups excluding carboxylic acids is 2. The molecule has 0 bridgehead atoms. The van der Waals surface area contributed by atoms with Crippen molar-refractivity contribution in [3.63, 3.8) is 0 Å². The van der Waals surface area contributed by atoms with Crippen LogP contribution >= 0.6 is 15.9 Å². The Bertz CT molecular complexity index is 1580. The van der Waals surface area contributed by atoms with E-state index in [-0.39, 0.29) is 23.8 Å². The van der Waals surface area contributed by atoms with Gasteiger partial charge in [-0.15, -0.1) is 0 Å². The quantitative estimate of drug-likeness (QED) is 0.241. The normalized spacial score (nSPS) is 21.2. The molecule has 0 unspecified atom stereocenters. The maximum atomic E-state index is 13.2. The number of oxazole rings is 1. The molecule has 214 valence electrons. The number of hydrogen-bond donors (Lipinski definition) is 4. The minimum Gasteiger partial charge on any atom is -0.444 e. The Morgan fingerprint density at radius 2 is 2.02 bits per heavy atom. The van der Waals surface area contributed by atoms with Gasteiger partial charge in [-0.3, -0.25) is 9.59 Å². The highest BCUT2D eigenvalue weighted by molar-refractivity contribution is 9.10. The standard InChI is InChI=1S/C28H32BrN9O3/c1-28(26(40)30-2)8-5-17(14-28)34-27-33-15-20-22(29)37-38(23(20)36-27)18-3-4-19(25-32-11-12-41-25)21(13-18)35-24(39)16-6-9-31-10-7-16/h3-4,11-13,15-17,31H,5-10,14H2,1-2H3,(H,30,40)(H,35,39)(H,33,34,36)/t17-,28-/m1/s1. The first-order valence-corrected chi connectivity index (χ1v) is 14.6. The van der Waals surface area contributed by atoms with Crippen molar-refractivity contribution in [3.05, 3.63) is 41.5 Å². The lowest BCUT2D eigenvalue weighted by Gasteiger charge is -2.22. The fraction of sp³-hybridized carbons (Fsp3) is 0.429. The van der Waals surface area contributed by atoms with E-state index in [1.165, 1.54) is 6.26 Å². The topological polar surface area (TPSA) is 152 Å². The molecule has 13 heteroatoms. The molecular formula is C28H32BrN9O3. The van der Waals surface area contributed by atoms with Crippen molar-refractivity contribution in [2.24, 2.45) is 11.3 Å². The average Bonchev–Trinajstić information content (AvgIpc) is 3.73. The number of anilines is 2. The minimum absolute atomic E-state index is 0.0305. The van der Waals surface area contributed by atoms with Gasteiger partial charge in [0.25, 0.3) is 0 Å². The highest BCUT2D eigenvalue weighted by Gasteiger charge is 2.41. The molecule has 1 aliphatic carbocycles. The molecule has 0 radical (unpaired) electrons. The number of nitrogens with one attached hydrogen (secondary N) is 4. The molecule has 1 saturated carbocycles. The number of hydrogen-bond acceptors (Lipinski definition) is 9. The van der Waals surface area contributed by atoms with Crippen LogP contribution in [0.3, 0.4) is 0 Å². The summed E-state index contributed by atoms with van der Waals surface area (Å²) in [5, 5.41) is 18.0. The second-order valence-electron chi connectivity index (χ2n) is 10.9. The van der Waals surface area contributed by atoms with Gasteiger partial charge in [0.15, 0.2) is 5.65 Å². The molecule has 2 fully saturated rings. The van der Waals surface area contributed by atoms with Gasteiger partial charge >= 0.3 is 0 Å². The van der Waals surface area contributed by atoms with Gasteiger partial charge in [-0.05, 0) is 79.3 Å². The predicted octanol–water partition coefficient (Wildman–Crippen LogP) is 3.89. The zero-order chi connectivity index (χ0) is 28.6. The lowest BCUT2D eigenvalue weighted by atomic mass is 9.87. The molecule has 0 spiro atoms. The van der Waals surface area contributed by atoms with Crippen molar-refractivity contribution in [3.8, 4) is 17.1 Å². The number of amides is 2. The van der Waals surface area contributed by atoms with Crippen LogP contribution in [0.1, 0.15) is 39.0 Å². The van der Waals surface area contributed by atoms with Crippen LogP contribution in [0.15, 0.2) is 45.9 Å². The molecule has 2 atom stereocenters. The molecular weight excluding hydrogens is 590 g/mol. The molecule has 4 heterocycles. The summed E-state index contributed by atoms with van der Waals surface area (Å²) in [6.45, 7) is 3.63. The molecule has 41 heavy (non-hydrogen) atoms. The molecule has 2 aliphatic rings. The molecule has 2 amide bonds. The Hall–Kier alpha value is -3.84. The van der Waals surface area contributed by atoms with Crippen LogP contribution in [0.4, 0.5) is 11.6 Å². The molecule has 12 nitrogen and oxygen atoms in total. The number of aromatic nitrogens is 5. The van der Waals surface area contributed by atoms with Crippen LogP contribution in [0.2, 0.25) is 0 Å². The van der Waals surface area contributed by atoms with Gasteiger partial charge in [-0.25, -0.2) is 14.6 Å². The fourth-order valence-corrected chi connectivity index (χ4v) is 6.24. The Morgan fingerprint density at radius 1 is 1.20 bits per heavy atom. The summed E-state index contributed by atoms with van der Waals surface area (Å²) in [5.74, 6) is 0.832. The largest absolute Gasteiger partial charge is 0.444 e. The summed E-state index contributed by atoms with van der Waals surface area (Å²) < 4.78 is 7.88. The fourth-order valence-electron chi connectivity index (χ4n) is 5.80. The average molecular weight is 623 g/mol. The Kier molecular flexibility index (Phi) is 7.47. The lowest BCUT2D eigenvalue weighted by molar-refractivity contribution is -0.129. The van der Waals surface area contributed by atoms with E-state index in [2.05, 4.69) is 52.3 Å². The van der Waals surface area contributed by atoms with E-state index in [9.17, 15) is 9.59 Å². The van der Waals surface area contributed by atoms with E-state index in [4.69, 9.17) is 9.40 Å². The third-order valence-electron chi connectivity index (χ3n) is 8.11. The Morgan fingerprint density at radius 3 is 2.78 bits per heavy atom. The number of piperidine rings is 1. The maximum Gasteiger partial charge on any atom is 0.227 e. The highest BCUT2D eigenvalue weighted by Crippen LogP contribution is 2.39. The van der Waals surface area contributed by atoms with Gasteiger partial charge in [0.1, 0.15) is 10.9 Å². The summed E-state index contributed by atoms with van der Waals surface area (Å²) in [6, 6.07) is 5.68. The van der Waals surface area contributed by atoms with Crippen molar-refractivity contribution in [1.82, 2.24) is 35.4 Å². The van der Waals surface area contributed by atoms with Crippen LogP contribution in [-0.4, -0.2) is 62.7 Å². The molecule has 4 aromatic rings. The molecule has 6 rings (SSSR count). The van der Waals surface area contributed by atoms with Crippen LogP contribution < -0.4 is 21.3 Å². The number of rotatable bonds is 7. The summed E-state index contributed by atoms with van der Waals surface area (Å²) >= 11 is 3.55. The first kappa shape index (κ1) is 27.3. The minimum atomic E-state index is -0.416. The van der Waals surface area contributed by atoms with E-state index in [1.807, 2.05) is 25.1 Å². The first-order valence-electron chi connectivity index (χ1n) is 13.8. The third kappa shape index (κ3) is 5.43. The van der Waals surface area contributed by atoms with Crippen molar-refractivity contribution in [2.75, 3.05) is 30.8 Å². The summed E-state index contributed by atoms with van der Waals surface area (Å²) in [7, 11) is 1.67. The number of carbonyl (C=O) groups is 2. The number of benzene rings is 1. The molecule has 4 N–H and O–H groups in total. The van der Waals surface area contributed by atoms with Gasteiger partial charge in [0.05, 0.1) is 28.5 Å². The molecule has 1 saturated heterocycles. The van der Waals surface area contributed by atoms with Crippen molar-refractivity contribution < 1.29 is 14.0 Å². The molecule has 1 aliphatic heterocycles. The van der Waals surface area contributed by atoms with Crippen molar-refractivity contribution in [1.29, 1.82) is 0 Å². The van der Waals surface area contributed by atoms with Crippen LogP contribution in [0.25, 0.3) is 28.2 Å². The third-order valence-corrected chi connectivity index (χ3v) is 8.69. The number of nitrogens with zero attached hydrogens (tertiary/aromatic N) is 5. The summed E-state index contributed by atoms with van der Waals surface area (Å²) in [6.07, 6.45) is 8.71. The predicted molar refractivity (Wildman–Crippen MR) is 158 cm³/mol. The maximum absolute atomic E-state index is 13.2. The highest BCUT2D eigenvalue weighted by atomic mass is 79.9. The smallest absolute Gasteiger partial charge is 0.227 e. The van der Waals surface area contributed by atoms with E-state index in [0.29, 0.717) is 45.4 Å². The SMILES string of the molecule is CNC(=O)[C@]1(C)CC[C@@H](Nc2ncc3c(Br)nn(-c4ccc(-c5ncco5)c(NC(=O)C5CCNCC5)c4)c3n2)C1. The zero-order valence-electron chi connectivity index (χ0n) is 22.9. The van der Waals surface area contributed by atoms with Crippen LogP contribution in [-0.2, 0) is 9.59 Å². The van der Waals surface area contributed by atoms with E-state index < -0.39 is 5.41 Å². The molecule has 1 aromatic carbocycles. The monoisotopic (exact) mass is 621 g/mol. The van der Waals surface area contributed by atoms with Gasteiger partial charge < -0.3 is 25.7 Å². The van der Waals surface area contributed by atoms with E-state index in [1.54, 1.807) is 24.1 Å². The van der Waals surface area contributed by atoms with Gasteiger partial charge in [0.2, 0.25) is 23.7 Å². The molecule has 3 aromatic heterocycles. The second-order valence-corrected chi connectivity index (χ2v) is 11.7. The zero-order valence-corrected chi connectivity index (χ0v) is 24.5. The van der Waals surface area contributed by atoms with Crippen LogP contribution in [0.5, 0.6) is 0 Å². The van der Waals surface area contributed by atoms with Crippen LogP contribution in [0, 0.1) is 11.3 Å². The number of fused-ring (bicyclic) bond motifs is 1. The van der Waals surface area contributed by atoms with Crippen molar-refractivity contribution >= 4 is 50.4 Å². The van der Waals surface area contributed by atoms with Gasteiger partial charge in [-0.1, -0.05) is 6.92 Å². The van der Waals surface area contributed by atoms with Crippen molar-refractivity contribution in [2.45, 2.75) is 45.1 Å². The Balaban J connectivity index is 1.32. The lowest BCUT2D eigenvalue weighted by Crippen LogP contribution is -2.35. The summed E-state index contributed by atoms with van der Waals surface area (Å²) in [4.78, 5) is 39.2. The summed E-state index contributed by atoms with van der Waals surface area (Å²) in [5.41, 5.74) is 2.14. The number of halogens is 1. The van der Waals surface area contributed by atoms with E-state index in [0.717, 1.165) is 44.2 Å². The van der Waals surface area contributed by atoms with Gasteiger partial charge in [-0.2, -0.15) is 10.1 Å². The van der Waals surface area contributed by atoms with E-state index >= 15 is 0 Å².